The molecule has 0 radical (unpaired) electrons. The summed E-state index contributed by atoms with van der Waals surface area (Å²) in [5.41, 5.74) is 1.26. The number of nitrogens with one attached hydrogen (secondary N) is 2. The highest BCUT2D eigenvalue weighted by atomic mass is 35.5. The molecule has 1 aromatic heterocycles. The molecule has 2 N–H and O–H groups in total. The number of pyridine rings is 1. The van der Waals surface area contributed by atoms with Gasteiger partial charge in [-0.2, -0.15) is 0 Å². The molecule has 0 unspecified atom stereocenters. The van der Waals surface area contributed by atoms with Gasteiger partial charge in [-0.25, -0.2) is 12.8 Å². The molecule has 0 spiro atoms. The molecular weight excluding hydrogens is 393 g/mol. The van der Waals surface area contributed by atoms with E-state index in [9.17, 15) is 17.6 Å². The number of aromatic nitrogens is 1. The zero-order chi connectivity index (χ0) is 20.0. The second-order valence-electron chi connectivity index (χ2n) is 6.74. The molecule has 3 rings (SSSR count). The molecule has 0 aliphatic heterocycles. The van der Waals surface area contributed by atoms with Crippen LogP contribution in [-0.4, -0.2) is 17.2 Å². The monoisotopic (exact) mass is 413 g/mol. The molecule has 0 amide bonds. The van der Waals surface area contributed by atoms with Crippen LogP contribution in [0.3, 0.4) is 0 Å². The van der Waals surface area contributed by atoms with E-state index in [0.29, 0.717) is 19.3 Å². The van der Waals surface area contributed by atoms with Gasteiger partial charge in [0.1, 0.15) is 5.82 Å². The Balaban J connectivity index is 2.06. The number of halogens is 2. The van der Waals surface area contributed by atoms with E-state index in [1.54, 1.807) is 19.1 Å². The second-order valence-corrected chi connectivity index (χ2v) is 9.68. The number of aryl methyl sites for hydroxylation is 2. The van der Waals surface area contributed by atoms with E-state index in [0.717, 1.165) is 5.56 Å². The van der Waals surface area contributed by atoms with Gasteiger partial charge >= 0.3 is 0 Å². The van der Waals surface area contributed by atoms with Gasteiger partial charge in [0.2, 0.25) is 0 Å². The molecule has 1 heterocycles. The summed E-state index contributed by atoms with van der Waals surface area (Å²) in [6.45, 7) is 3.47. The van der Waals surface area contributed by atoms with E-state index >= 15 is 0 Å². The van der Waals surface area contributed by atoms with Gasteiger partial charge in [0, 0.05) is 18.8 Å². The van der Waals surface area contributed by atoms with Crippen LogP contribution in [0.15, 0.2) is 29.2 Å². The van der Waals surface area contributed by atoms with E-state index in [2.05, 4.69) is 10.0 Å². The van der Waals surface area contributed by atoms with Crippen LogP contribution < -0.4 is 15.6 Å². The summed E-state index contributed by atoms with van der Waals surface area (Å²) in [7, 11) is -2.34. The first kappa shape index (κ1) is 19.7. The lowest BCUT2D eigenvalue weighted by molar-refractivity contribution is 0.596. The molecule has 1 fully saturated rings. The number of sulfonamides is 1. The third-order valence-corrected chi connectivity index (χ3v) is 7.53. The standard InChI is InChI=1S/C18H21ClFN3O3S/c1-4-12-5-6-14(13(20)9-12)21-16-11(2)17(24)23(3)10-15(16)22-27(25,26)18(19)7-8-18/h5-6,9-10,21-22H,4,7-8H2,1-3H3. The van der Waals surface area contributed by atoms with Crippen molar-refractivity contribution in [3.05, 3.63) is 51.7 Å². The van der Waals surface area contributed by atoms with Crippen molar-refractivity contribution in [2.24, 2.45) is 7.05 Å². The minimum absolute atomic E-state index is 0.139. The first-order valence-corrected chi connectivity index (χ1v) is 10.4. The Kier molecular flexibility index (Phi) is 4.98. The number of nitrogens with zero attached hydrogens (tertiary/aromatic N) is 1. The first-order valence-electron chi connectivity index (χ1n) is 8.55. The molecule has 1 saturated carbocycles. The molecule has 1 aliphatic carbocycles. The Hall–Kier alpha value is -2.06. The Morgan fingerprint density at radius 1 is 1.30 bits per heavy atom. The molecule has 9 heteroatoms. The van der Waals surface area contributed by atoms with Crippen molar-refractivity contribution in [3.63, 3.8) is 0 Å². The van der Waals surface area contributed by atoms with Crippen LogP contribution in [0.1, 0.15) is 30.9 Å². The predicted octanol–water partition coefficient (Wildman–Crippen LogP) is 3.61. The summed E-state index contributed by atoms with van der Waals surface area (Å²) in [5.74, 6) is -0.487. The summed E-state index contributed by atoms with van der Waals surface area (Å²) in [4.78, 5) is 12.3. The van der Waals surface area contributed by atoms with Crippen molar-refractivity contribution >= 4 is 38.7 Å². The van der Waals surface area contributed by atoms with Crippen LogP contribution in [0.5, 0.6) is 0 Å². The molecule has 27 heavy (non-hydrogen) atoms. The third kappa shape index (κ3) is 3.68. The fourth-order valence-electron chi connectivity index (χ4n) is 2.75. The highest BCUT2D eigenvalue weighted by Crippen LogP contribution is 2.48. The van der Waals surface area contributed by atoms with Gasteiger partial charge in [-0.15, -0.1) is 0 Å². The lowest BCUT2D eigenvalue weighted by atomic mass is 10.1. The Morgan fingerprint density at radius 3 is 2.52 bits per heavy atom. The zero-order valence-corrected chi connectivity index (χ0v) is 16.8. The van der Waals surface area contributed by atoms with Gasteiger partial charge in [-0.1, -0.05) is 24.6 Å². The molecule has 1 aromatic carbocycles. The van der Waals surface area contributed by atoms with Crippen molar-refractivity contribution in [1.29, 1.82) is 0 Å². The Bertz CT molecular complexity index is 1060. The van der Waals surface area contributed by atoms with Crippen molar-refractivity contribution < 1.29 is 12.8 Å². The molecule has 2 aromatic rings. The van der Waals surface area contributed by atoms with E-state index in [4.69, 9.17) is 11.6 Å². The van der Waals surface area contributed by atoms with Gasteiger partial charge in [-0.3, -0.25) is 9.52 Å². The minimum atomic E-state index is -3.86. The van der Waals surface area contributed by atoms with Crippen LogP contribution in [0.2, 0.25) is 0 Å². The van der Waals surface area contributed by atoms with Crippen molar-refractivity contribution in [2.45, 2.75) is 37.3 Å². The predicted molar refractivity (Wildman–Crippen MR) is 106 cm³/mol. The minimum Gasteiger partial charge on any atom is -0.351 e. The number of hydrogen-bond donors (Lipinski definition) is 2. The number of rotatable bonds is 6. The topological polar surface area (TPSA) is 80.2 Å². The SMILES string of the molecule is CCc1ccc(Nc2c(NS(=O)(=O)C3(Cl)CC3)cn(C)c(=O)c2C)c(F)c1. The number of anilines is 3. The normalized spacial score (nSPS) is 15.4. The Labute approximate surface area is 162 Å². The quantitative estimate of drug-likeness (QED) is 0.709. The van der Waals surface area contributed by atoms with Crippen LogP contribution >= 0.6 is 11.6 Å². The van der Waals surface area contributed by atoms with Gasteiger partial charge in [0.15, 0.2) is 4.21 Å². The fraction of sp³-hybridized carbons (Fsp3) is 0.389. The molecule has 1 aliphatic rings. The van der Waals surface area contributed by atoms with Crippen LogP contribution in [0.4, 0.5) is 21.5 Å². The van der Waals surface area contributed by atoms with Gasteiger partial charge in [0.25, 0.3) is 15.6 Å². The van der Waals surface area contributed by atoms with Crippen molar-refractivity contribution in [1.82, 2.24) is 4.57 Å². The molecule has 6 nitrogen and oxygen atoms in total. The summed E-state index contributed by atoms with van der Waals surface area (Å²) in [6.07, 6.45) is 2.75. The molecule has 146 valence electrons. The van der Waals surface area contributed by atoms with Crippen LogP contribution in [0.25, 0.3) is 0 Å². The number of alkyl halides is 1. The molecule has 0 atom stereocenters. The van der Waals surface area contributed by atoms with Crippen LogP contribution in [0, 0.1) is 12.7 Å². The Morgan fingerprint density at radius 2 is 1.96 bits per heavy atom. The summed E-state index contributed by atoms with van der Waals surface area (Å²) >= 11 is 6.07. The van der Waals surface area contributed by atoms with Crippen molar-refractivity contribution in [2.75, 3.05) is 10.0 Å². The smallest absolute Gasteiger partial charge is 0.255 e. The van der Waals surface area contributed by atoms with E-state index < -0.39 is 20.0 Å². The summed E-state index contributed by atoms with van der Waals surface area (Å²) < 4.78 is 41.8. The lowest BCUT2D eigenvalue weighted by Gasteiger charge is -2.19. The largest absolute Gasteiger partial charge is 0.351 e. The maximum Gasteiger partial charge on any atom is 0.255 e. The van der Waals surface area contributed by atoms with E-state index in [-0.39, 0.29) is 28.2 Å². The molecule has 0 saturated heterocycles. The van der Waals surface area contributed by atoms with E-state index in [1.807, 2.05) is 6.92 Å². The van der Waals surface area contributed by atoms with Gasteiger partial charge in [-0.05, 0) is 43.9 Å². The fourth-order valence-corrected chi connectivity index (χ4v) is 4.22. The maximum absolute atomic E-state index is 14.4. The number of hydrogen-bond acceptors (Lipinski definition) is 4. The van der Waals surface area contributed by atoms with Crippen LogP contribution in [-0.2, 0) is 23.5 Å². The zero-order valence-electron chi connectivity index (χ0n) is 15.3. The molecular formula is C18H21ClFN3O3S. The van der Waals surface area contributed by atoms with E-state index in [1.165, 1.54) is 23.9 Å². The first-order chi connectivity index (χ1) is 12.6. The average molecular weight is 414 g/mol. The second kappa shape index (κ2) is 6.83. The maximum atomic E-state index is 14.4. The molecule has 0 bridgehead atoms. The van der Waals surface area contributed by atoms with Gasteiger partial charge in [0.05, 0.1) is 17.1 Å². The van der Waals surface area contributed by atoms with Crippen molar-refractivity contribution in [3.8, 4) is 0 Å². The lowest BCUT2D eigenvalue weighted by Crippen LogP contribution is -2.28. The van der Waals surface area contributed by atoms with Gasteiger partial charge < -0.3 is 9.88 Å². The highest BCUT2D eigenvalue weighted by Gasteiger charge is 2.53. The number of benzene rings is 1. The third-order valence-electron chi connectivity index (χ3n) is 4.68. The summed E-state index contributed by atoms with van der Waals surface area (Å²) in [5, 5.41) is 2.86. The summed E-state index contributed by atoms with van der Waals surface area (Å²) in [6, 6.07) is 4.73. The highest BCUT2D eigenvalue weighted by molar-refractivity contribution is 7.95. The average Bonchev–Trinajstić information content (AvgIpc) is 3.37.